The standard InChI is InChI=1S/C21H27ClF3N3O4/c1-20(2,3)32-19(31)28-10-4-9-27(11-12-28)18(30)8-7-17(29)26-14-5-6-16(22)15(13-14)21(23,24)25/h5-6,13H,4,7-12H2,1-3H3,(H,26,29). The highest BCUT2D eigenvalue weighted by molar-refractivity contribution is 6.31. The minimum atomic E-state index is -4.65. The van der Waals surface area contributed by atoms with E-state index in [1.165, 1.54) is 6.07 Å². The van der Waals surface area contributed by atoms with Crippen LogP contribution in [0.25, 0.3) is 0 Å². The van der Waals surface area contributed by atoms with Crippen LogP contribution in [0, 0.1) is 0 Å². The van der Waals surface area contributed by atoms with Gasteiger partial charge in [-0.3, -0.25) is 9.59 Å². The lowest BCUT2D eigenvalue weighted by Crippen LogP contribution is -2.40. The summed E-state index contributed by atoms with van der Waals surface area (Å²) in [4.78, 5) is 39.9. The third kappa shape index (κ3) is 7.89. The van der Waals surface area contributed by atoms with Crippen LogP contribution in [0.4, 0.5) is 23.7 Å². The number of nitrogens with one attached hydrogen (secondary N) is 1. The molecule has 1 aromatic carbocycles. The molecule has 32 heavy (non-hydrogen) atoms. The Labute approximate surface area is 189 Å². The SMILES string of the molecule is CC(C)(C)OC(=O)N1CCCN(C(=O)CCC(=O)Nc2ccc(Cl)c(C(F)(F)F)c2)CC1. The van der Waals surface area contributed by atoms with E-state index in [1.54, 1.807) is 30.6 Å². The van der Waals surface area contributed by atoms with E-state index in [0.29, 0.717) is 32.6 Å². The van der Waals surface area contributed by atoms with Crippen LogP contribution in [0.5, 0.6) is 0 Å². The Balaban J connectivity index is 1.85. The molecule has 0 saturated carbocycles. The molecule has 0 aliphatic carbocycles. The van der Waals surface area contributed by atoms with Gasteiger partial charge < -0.3 is 19.9 Å². The number of hydrogen-bond donors (Lipinski definition) is 1. The quantitative estimate of drug-likeness (QED) is 0.690. The second-order valence-corrected chi connectivity index (χ2v) is 8.85. The van der Waals surface area contributed by atoms with E-state index < -0.39 is 34.4 Å². The molecular weight excluding hydrogens is 451 g/mol. The highest BCUT2D eigenvalue weighted by Gasteiger charge is 2.33. The number of alkyl halides is 3. The second-order valence-electron chi connectivity index (χ2n) is 8.44. The molecule has 1 heterocycles. The van der Waals surface area contributed by atoms with Crippen molar-refractivity contribution in [3.05, 3.63) is 28.8 Å². The third-order valence-electron chi connectivity index (χ3n) is 4.62. The number of ether oxygens (including phenoxy) is 1. The van der Waals surface area contributed by atoms with Crippen molar-refractivity contribution in [3.63, 3.8) is 0 Å². The largest absolute Gasteiger partial charge is 0.444 e. The van der Waals surface area contributed by atoms with Crippen LogP contribution >= 0.6 is 11.6 Å². The Morgan fingerprint density at radius 2 is 1.66 bits per heavy atom. The lowest BCUT2D eigenvalue weighted by Gasteiger charge is -2.26. The maximum atomic E-state index is 12.9. The Bertz CT molecular complexity index is 856. The number of carbonyl (C=O) groups is 3. The van der Waals surface area contributed by atoms with E-state index >= 15 is 0 Å². The molecule has 0 spiro atoms. The average Bonchev–Trinajstić information content (AvgIpc) is 2.92. The predicted octanol–water partition coefficient (Wildman–Crippen LogP) is 4.55. The monoisotopic (exact) mass is 477 g/mol. The molecule has 2 rings (SSSR count). The summed E-state index contributed by atoms with van der Waals surface area (Å²) < 4.78 is 44.2. The Morgan fingerprint density at radius 3 is 2.28 bits per heavy atom. The molecule has 1 N–H and O–H groups in total. The first kappa shape index (κ1) is 25.8. The van der Waals surface area contributed by atoms with E-state index in [9.17, 15) is 27.6 Å². The van der Waals surface area contributed by atoms with Gasteiger partial charge in [0.1, 0.15) is 5.60 Å². The van der Waals surface area contributed by atoms with E-state index in [1.807, 2.05) is 0 Å². The van der Waals surface area contributed by atoms with Crippen LogP contribution in [-0.2, 0) is 20.5 Å². The number of amides is 3. The fourth-order valence-corrected chi connectivity index (χ4v) is 3.32. The van der Waals surface area contributed by atoms with Crippen LogP contribution < -0.4 is 5.32 Å². The first-order chi connectivity index (χ1) is 14.8. The molecule has 0 bridgehead atoms. The van der Waals surface area contributed by atoms with Crippen LogP contribution in [0.1, 0.15) is 45.6 Å². The second kappa shape index (κ2) is 10.4. The van der Waals surface area contributed by atoms with Crippen molar-refractivity contribution in [2.24, 2.45) is 0 Å². The van der Waals surface area contributed by atoms with Crippen molar-refractivity contribution in [3.8, 4) is 0 Å². The number of halogens is 4. The Kier molecular flexibility index (Phi) is 8.39. The Hall–Kier alpha value is -2.49. The average molecular weight is 478 g/mol. The van der Waals surface area contributed by atoms with Gasteiger partial charge in [-0.15, -0.1) is 0 Å². The molecular formula is C21H27ClF3N3O4. The summed E-state index contributed by atoms with van der Waals surface area (Å²) in [6.45, 7) is 6.85. The maximum absolute atomic E-state index is 12.9. The van der Waals surface area contributed by atoms with Crippen molar-refractivity contribution in [1.82, 2.24) is 9.80 Å². The summed E-state index contributed by atoms with van der Waals surface area (Å²) in [7, 11) is 0. The number of benzene rings is 1. The van der Waals surface area contributed by atoms with Gasteiger partial charge in [0.2, 0.25) is 11.8 Å². The van der Waals surface area contributed by atoms with Crippen LogP contribution in [0.3, 0.4) is 0 Å². The molecule has 1 fully saturated rings. The van der Waals surface area contributed by atoms with Crippen molar-refractivity contribution < 1.29 is 32.3 Å². The van der Waals surface area contributed by atoms with Gasteiger partial charge in [0.15, 0.2) is 0 Å². The highest BCUT2D eigenvalue weighted by atomic mass is 35.5. The van der Waals surface area contributed by atoms with Gasteiger partial charge >= 0.3 is 12.3 Å². The fourth-order valence-electron chi connectivity index (χ4n) is 3.10. The number of carbonyl (C=O) groups excluding carboxylic acids is 3. The number of hydrogen-bond acceptors (Lipinski definition) is 4. The molecule has 0 radical (unpaired) electrons. The summed E-state index contributed by atoms with van der Waals surface area (Å²) >= 11 is 5.57. The van der Waals surface area contributed by atoms with Crippen molar-refractivity contribution in [2.75, 3.05) is 31.5 Å². The molecule has 178 valence electrons. The minimum Gasteiger partial charge on any atom is -0.444 e. The van der Waals surface area contributed by atoms with Gasteiger partial charge in [-0.05, 0) is 45.4 Å². The molecule has 1 aliphatic heterocycles. The lowest BCUT2D eigenvalue weighted by molar-refractivity contribution is -0.137. The molecule has 1 aromatic rings. The van der Waals surface area contributed by atoms with Gasteiger partial charge in [-0.1, -0.05) is 11.6 Å². The van der Waals surface area contributed by atoms with E-state index in [0.717, 1.165) is 12.1 Å². The summed E-state index contributed by atoms with van der Waals surface area (Å²) in [5.74, 6) is -0.850. The third-order valence-corrected chi connectivity index (χ3v) is 4.95. The van der Waals surface area contributed by atoms with Crippen molar-refractivity contribution >= 4 is 35.2 Å². The fraction of sp³-hybridized carbons (Fsp3) is 0.571. The van der Waals surface area contributed by atoms with Gasteiger partial charge in [-0.25, -0.2) is 4.79 Å². The van der Waals surface area contributed by atoms with Gasteiger partial charge in [-0.2, -0.15) is 13.2 Å². The first-order valence-corrected chi connectivity index (χ1v) is 10.6. The summed E-state index contributed by atoms with van der Waals surface area (Å²) in [6, 6.07) is 3.07. The van der Waals surface area contributed by atoms with Crippen LogP contribution in [-0.4, -0.2) is 59.5 Å². The van der Waals surface area contributed by atoms with E-state index in [4.69, 9.17) is 16.3 Å². The van der Waals surface area contributed by atoms with Crippen LogP contribution in [0.2, 0.25) is 5.02 Å². The van der Waals surface area contributed by atoms with Crippen molar-refractivity contribution in [1.29, 1.82) is 0 Å². The van der Waals surface area contributed by atoms with E-state index in [2.05, 4.69) is 5.32 Å². The number of nitrogens with zero attached hydrogens (tertiary/aromatic N) is 2. The topological polar surface area (TPSA) is 79.0 Å². The molecule has 1 aliphatic rings. The normalized spacial score (nSPS) is 15.2. The molecule has 3 amide bonds. The summed E-state index contributed by atoms with van der Waals surface area (Å²) in [5.41, 5.74) is -1.72. The minimum absolute atomic E-state index is 0.0538. The molecule has 0 unspecified atom stereocenters. The summed E-state index contributed by atoms with van der Waals surface area (Å²) in [6.07, 6.45) is -4.80. The Morgan fingerprint density at radius 1 is 1.03 bits per heavy atom. The summed E-state index contributed by atoms with van der Waals surface area (Å²) in [5, 5.41) is 1.89. The maximum Gasteiger partial charge on any atom is 0.417 e. The molecule has 1 saturated heterocycles. The zero-order valence-corrected chi connectivity index (χ0v) is 19.0. The zero-order chi connectivity index (χ0) is 24.1. The lowest BCUT2D eigenvalue weighted by atomic mass is 10.2. The number of anilines is 1. The number of rotatable bonds is 4. The smallest absolute Gasteiger partial charge is 0.417 e. The van der Waals surface area contributed by atoms with Crippen LogP contribution in [0.15, 0.2) is 18.2 Å². The molecule has 11 heteroatoms. The molecule has 7 nitrogen and oxygen atoms in total. The molecule has 0 atom stereocenters. The zero-order valence-electron chi connectivity index (χ0n) is 18.2. The van der Waals surface area contributed by atoms with E-state index in [-0.39, 0.29) is 24.4 Å². The molecule has 0 aromatic heterocycles. The van der Waals surface area contributed by atoms with Gasteiger partial charge in [0.05, 0.1) is 10.6 Å². The highest BCUT2D eigenvalue weighted by Crippen LogP contribution is 2.36. The predicted molar refractivity (Wildman–Crippen MR) is 113 cm³/mol. The van der Waals surface area contributed by atoms with Gasteiger partial charge in [0.25, 0.3) is 0 Å². The van der Waals surface area contributed by atoms with Gasteiger partial charge in [0, 0.05) is 44.7 Å². The first-order valence-electron chi connectivity index (χ1n) is 10.2. The van der Waals surface area contributed by atoms with Crippen molar-refractivity contribution in [2.45, 2.75) is 51.8 Å².